The Morgan fingerprint density at radius 1 is 1.60 bits per heavy atom. The molecule has 1 aromatic rings. The Morgan fingerprint density at radius 2 is 2.27 bits per heavy atom. The van der Waals surface area contributed by atoms with E-state index in [0.29, 0.717) is 17.2 Å². The van der Waals surface area contributed by atoms with Gasteiger partial charge < -0.3 is 4.74 Å². The second-order valence-electron chi connectivity index (χ2n) is 3.15. The molecule has 0 aliphatic rings. The molecule has 82 valence electrons. The van der Waals surface area contributed by atoms with Gasteiger partial charge in [0.15, 0.2) is 11.9 Å². The largest absolute Gasteiger partial charge is 0.482 e. The van der Waals surface area contributed by atoms with Crippen LogP contribution in [-0.2, 0) is 4.79 Å². The van der Waals surface area contributed by atoms with Crippen molar-refractivity contribution in [1.29, 1.82) is 0 Å². The van der Waals surface area contributed by atoms with E-state index in [-0.39, 0.29) is 5.78 Å². The van der Waals surface area contributed by atoms with E-state index in [1.807, 2.05) is 6.92 Å². The number of rotatable bonds is 4. The van der Waals surface area contributed by atoms with Crippen LogP contribution in [0.3, 0.4) is 0 Å². The fourth-order valence-electron chi connectivity index (χ4n) is 1.11. The van der Waals surface area contributed by atoms with Gasteiger partial charge >= 0.3 is 0 Å². The Hall–Kier alpha value is -0.540. The molecule has 0 aromatic heterocycles. The van der Waals surface area contributed by atoms with Gasteiger partial charge in [0.1, 0.15) is 5.75 Å². The Labute approximate surface area is 103 Å². The summed E-state index contributed by atoms with van der Waals surface area (Å²) in [5.74, 6) is 0.713. The van der Waals surface area contributed by atoms with E-state index < -0.39 is 6.10 Å². The summed E-state index contributed by atoms with van der Waals surface area (Å²) >= 11 is 9.12. The highest BCUT2D eigenvalue weighted by molar-refractivity contribution is 9.10. The van der Waals surface area contributed by atoms with E-state index in [0.717, 1.165) is 4.47 Å². The molecule has 1 aromatic carbocycles. The Kier molecular flexibility index (Phi) is 4.61. The monoisotopic (exact) mass is 290 g/mol. The molecule has 0 saturated carbocycles. The summed E-state index contributed by atoms with van der Waals surface area (Å²) in [7, 11) is 0. The summed E-state index contributed by atoms with van der Waals surface area (Å²) in [4.78, 5) is 11.3. The second kappa shape index (κ2) is 5.52. The van der Waals surface area contributed by atoms with Crippen molar-refractivity contribution in [3.8, 4) is 5.75 Å². The third-order valence-electron chi connectivity index (χ3n) is 2.00. The van der Waals surface area contributed by atoms with Crippen LogP contribution in [-0.4, -0.2) is 11.9 Å². The molecule has 1 rings (SSSR count). The summed E-state index contributed by atoms with van der Waals surface area (Å²) < 4.78 is 6.25. The maximum Gasteiger partial charge on any atom is 0.172 e. The molecular formula is C11H12BrClO2. The van der Waals surface area contributed by atoms with Gasteiger partial charge in [0.25, 0.3) is 0 Å². The average molecular weight is 292 g/mol. The van der Waals surface area contributed by atoms with Gasteiger partial charge in [0.05, 0.1) is 4.47 Å². The number of hydrogen-bond acceptors (Lipinski definition) is 2. The summed E-state index contributed by atoms with van der Waals surface area (Å²) in [6, 6.07) is 5.21. The third kappa shape index (κ3) is 3.50. The molecule has 0 N–H and O–H groups in total. The van der Waals surface area contributed by atoms with Gasteiger partial charge in [-0.3, -0.25) is 4.79 Å². The third-order valence-corrected chi connectivity index (χ3v) is 2.85. The molecule has 0 spiro atoms. The first kappa shape index (κ1) is 12.5. The molecule has 0 aliphatic carbocycles. The Bertz CT molecular complexity index is 366. The fourth-order valence-corrected chi connectivity index (χ4v) is 1.89. The van der Waals surface area contributed by atoms with Gasteiger partial charge in [-0.2, -0.15) is 0 Å². The minimum Gasteiger partial charge on any atom is -0.482 e. The molecule has 0 fully saturated rings. The van der Waals surface area contributed by atoms with E-state index in [1.54, 1.807) is 25.1 Å². The van der Waals surface area contributed by atoms with E-state index >= 15 is 0 Å². The lowest BCUT2D eigenvalue weighted by molar-refractivity contribution is -0.124. The molecule has 0 heterocycles. The lowest BCUT2D eigenvalue weighted by Crippen LogP contribution is -2.22. The zero-order valence-electron chi connectivity index (χ0n) is 8.59. The second-order valence-corrected chi connectivity index (χ2v) is 4.45. The Balaban J connectivity index is 2.76. The molecule has 0 bridgehead atoms. The topological polar surface area (TPSA) is 26.3 Å². The van der Waals surface area contributed by atoms with Gasteiger partial charge in [-0.15, -0.1) is 0 Å². The normalized spacial score (nSPS) is 12.3. The lowest BCUT2D eigenvalue weighted by Gasteiger charge is -2.14. The number of Topliss-reactive ketones (excluding diaryl/α,β-unsaturated/α-hetero) is 1. The van der Waals surface area contributed by atoms with Gasteiger partial charge in [0, 0.05) is 11.4 Å². The standard InChI is InChI=1S/C11H12BrClO2/c1-3-10(14)7(2)15-11-5-4-8(13)6-9(11)12/h4-7H,3H2,1-2H3. The summed E-state index contributed by atoms with van der Waals surface area (Å²) in [6.45, 7) is 3.56. The number of ether oxygens (including phenoxy) is 1. The van der Waals surface area contributed by atoms with Crippen molar-refractivity contribution >= 4 is 33.3 Å². The highest BCUT2D eigenvalue weighted by Crippen LogP contribution is 2.28. The van der Waals surface area contributed by atoms with Crippen molar-refractivity contribution in [2.45, 2.75) is 26.4 Å². The minimum absolute atomic E-state index is 0.0804. The molecule has 2 nitrogen and oxygen atoms in total. The van der Waals surface area contributed by atoms with Crippen molar-refractivity contribution in [3.05, 3.63) is 27.7 Å². The maximum atomic E-state index is 11.3. The molecule has 0 radical (unpaired) electrons. The molecule has 4 heteroatoms. The van der Waals surface area contributed by atoms with Crippen LogP contribution in [0.1, 0.15) is 20.3 Å². The minimum atomic E-state index is -0.424. The first-order valence-electron chi connectivity index (χ1n) is 4.69. The SMILES string of the molecule is CCC(=O)C(C)Oc1ccc(Cl)cc1Br. The van der Waals surface area contributed by atoms with Crippen molar-refractivity contribution in [2.75, 3.05) is 0 Å². The molecule has 15 heavy (non-hydrogen) atoms. The predicted octanol–water partition coefficient (Wildman–Crippen LogP) is 3.85. The number of halogens is 2. The van der Waals surface area contributed by atoms with Gasteiger partial charge in [-0.1, -0.05) is 18.5 Å². The van der Waals surface area contributed by atoms with Crippen LogP contribution < -0.4 is 4.74 Å². The highest BCUT2D eigenvalue weighted by Gasteiger charge is 2.13. The van der Waals surface area contributed by atoms with Crippen LogP contribution in [0.2, 0.25) is 5.02 Å². The van der Waals surface area contributed by atoms with Gasteiger partial charge in [0.2, 0.25) is 0 Å². The zero-order chi connectivity index (χ0) is 11.4. The first-order chi connectivity index (χ1) is 7.04. The quantitative estimate of drug-likeness (QED) is 0.842. The van der Waals surface area contributed by atoms with Crippen LogP contribution in [0.5, 0.6) is 5.75 Å². The van der Waals surface area contributed by atoms with Gasteiger partial charge in [-0.25, -0.2) is 0 Å². The summed E-state index contributed by atoms with van der Waals surface area (Å²) in [5, 5.41) is 0.628. The van der Waals surface area contributed by atoms with E-state index in [4.69, 9.17) is 16.3 Å². The fraction of sp³-hybridized carbons (Fsp3) is 0.364. The number of hydrogen-bond donors (Lipinski definition) is 0. The smallest absolute Gasteiger partial charge is 0.172 e. The Morgan fingerprint density at radius 3 is 2.80 bits per heavy atom. The van der Waals surface area contributed by atoms with Crippen molar-refractivity contribution in [2.24, 2.45) is 0 Å². The van der Waals surface area contributed by atoms with Crippen molar-refractivity contribution in [3.63, 3.8) is 0 Å². The van der Waals surface area contributed by atoms with Crippen LogP contribution in [0, 0.1) is 0 Å². The van der Waals surface area contributed by atoms with Crippen molar-refractivity contribution in [1.82, 2.24) is 0 Å². The number of benzene rings is 1. The highest BCUT2D eigenvalue weighted by atomic mass is 79.9. The molecule has 1 unspecified atom stereocenters. The zero-order valence-corrected chi connectivity index (χ0v) is 10.9. The number of ketones is 1. The molecule has 0 amide bonds. The maximum absolute atomic E-state index is 11.3. The molecule has 0 saturated heterocycles. The number of carbonyl (C=O) groups is 1. The first-order valence-corrected chi connectivity index (χ1v) is 5.86. The molecule has 0 aliphatic heterocycles. The van der Waals surface area contributed by atoms with Crippen LogP contribution in [0.25, 0.3) is 0 Å². The van der Waals surface area contributed by atoms with Crippen LogP contribution in [0.4, 0.5) is 0 Å². The number of carbonyl (C=O) groups excluding carboxylic acids is 1. The molecule has 1 atom stereocenters. The van der Waals surface area contributed by atoms with Crippen LogP contribution >= 0.6 is 27.5 Å². The summed E-state index contributed by atoms with van der Waals surface area (Å²) in [5.41, 5.74) is 0. The van der Waals surface area contributed by atoms with E-state index in [9.17, 15) is 4.79 Å². The van der Waals surface area contributed by atoms with E-state index in [1.165, 1.54) is 0 Å². The summed E-state index contributed by atoms with van der Waals surface area (Å²) in [6.07, 6.45) is 0.0549. The average Bonchev–Trinajstić information content (AvgIpc) is 2.20. The lowest BCUT2D eigenvalue weighted by atomic mass is 10.2. The van der Waals surface area contributed by atoms with E-state index in [2.05, 4.69) is 15.9 Å². The predicted molar refractivity (Wildman–Crippen MR) is 64.5 cm³/mol. The van der Waals surface area contributed by atoms with Crippen molar-refractivity contribution < 1.29 is 9.53 Å². The van der Waals surface area contributed by atoms with Gasteiger partial charge in [-0.05, 0) is 41.1 Å². The molecular weight excluding hydrogens is 279 g/mol. The van der Waals surface area contributed by atoms with Crippen LogP contribution in [0.15, 0.2) is 22.7 Å².